The third-order valence-electron chi connectivity index (χ3n) is 14.3. The fraction of sp³-hybridized carbons (Fsp3) is 0.721. The van der Waals surface area contributed by atoms with Crippen LogP contribution < -0.4 is 25.4 Å². The lowest BCUT2D eigenvalue weighted by Gasteiger charge is -2.28. The Bertz CT molecular complexity index is 1890. The Morgan fingerprint density at radius 1 is 0.467 bits per heavy atom. The van der Waals surface area contributed by atoms with E-state index in [-0.39, 0.29) is 30.7 Å². The number of carbonyl (C=O) groups is 5. The molecule has 4 atom stereocenters. The van der Waals surface area contributed by atoms with E-state index in [1.165, 1.54) is 161 Å². The molecule has 0 fully saturated rings. The molecule has 5 N–H and O–H groups in total. The molecule has 13 nitrogen and oxygen atoms in total. The van der Waals surface area contributed by atoms with Crippen molar-refractivity contribution in [1.82, 2.24) is 16.0 Å². The number of hydrogen-bond acceptors (Lipinski definition) is 8. The van der Waals surface area contributed by atoms with Crippen molar-refractivity contribution in [1.29, 1.82) is 0 Å². The Hall–Kier alpha value is -4.06. The van der Waals surface area contributed by atoms with Crippen LogP contribution in [0.3, 0.4) is 0 Å². The number of esters is 2. The highest BCUT2D eigenvalue weighted by Gasteiger charge is 2.35. The summed E-state index contributed by atoms with van der Waals surface area (Å²) in [6.07, 6.45) is 37.9. The lowest BCUT2D eigenvalue weighted by Crippen LogP contribution is -2.57. The topological polar surface area (TPSA) is 197 Å². The van der Waals surface area contributed by atoms with E-state index in [4.69, 9.17) is 9.47 Å². The molecule has 0 radical (unpaired) electrons. The van der Waals surface area contributed by atoms with Crippen LogP contribution in [-0.2, 0) is 41.4 Å². The van der Waals surface area contributed by atoms with Crippen LogP contribution in [0.1, 0.15) is 258 Å². The fourth-order valence-electron chi connectivity index (χ4n) is 9.40. The second-order valence-corrected chi connectivity index (χ2v) is 23.1. The van der Waals surface area contributed by atoms with Crippen LogP contribution in [0.25, 0.3) is 0 Å². The zero-order valence-corrected chi connectivity index (χ0v) is 48.2. The van der Waals surface area contributed by atoms with E-state index in [1.54, 1.807) is 55.5 Å². The highest BCUT2D eigenvalue weighted by atomic mass is 31.2. The first kappa shape index (κ1) is 67.1. The molecule has 0 aliphatic heterocycles. The summed E-state index contributed by atoms with van der Waals surface area (Å²) in [7, 11) is -4.96. The molecular weight excluding hydrogens is 966 g/mol. The Kier molecular flexibility index (Phi) is 37.6. The van der Waals surface area contributed by atoms with E-state index in [0.29, 0.717) is 41.9 Å². The summed E-state index contributed by atoms with van der Waals surface area (Å²) in [6.45, 7) is 9.47. The Labute approximate surface area is 453 Å². The second kappa shape index (κ2) is 42.0. The molecule has 0 spiro atoms. The Morgan fingerprint density at radius 2 is 0.800 bits per heavy atom. The van der Waals surface area contributed by atoms with Crippen molar-refractivity contribution in [3.05, 3.63) is 59.7 Å². The van der Waals surface area contributed by atoms with Gasteiger partial charge in [0, 0.05) is 32.6 Å². The number of hydrogen-bond donors (Lipinski definition) is 5. The number of nitrogens with one attached hydrogen (secondary N) is 3. The van der Waals surface area contributed by atoms with E-state index in [9.17, 15) is 38.3 Å². The first-order chi connectivity index (χ1) is 36.2. The number of benzene rings is 2. The fourth-order valence-corrected chi connectivity index (χ4v) is 10.1. The highest BCUT2D eigenvalue weighted by Crippen LogP contribution is 2.41. The summed E-state index contributed by atoms with van der Waals surface area (Å²) in [5.74, 6) is -3.88. The van der Waals surface area contributed by atoms with Crippen molar-refractivity contribution >= 4 is 37.3 Å². The summed E-state index contributed by atoms with van der Waals surface area (Å²) >= 11 is 0. The molecule has 0 aliphatic rings. The monoisotopic (exact) mass is 1070 g/mol. The molecule has 0 aromatic heterocycles. The molecule has 0 unspecified atom stereocenters. The van der Waals surface area contributed by atoms with Crippen LogP contribution in [0.2, 0.25) is 0 Å². The summed E-state index contributed by atoms with van der Waals surface area (Å²) in [4.78, 5) is 86.1. The van der Waals surface area contributed by atoms with Crippen LogP contribution in [0.15, 0.2) is 48.5 Å². The third kappa shape index (κ3) is 33.7. The van der Waals surface area contributed by atoms with Gasteiger partial charge in [0.2, 0.25) is 17.7 Å². The minimum atomic E-state index is -4.96. The highest BCUT2D eigenvalue weighted by molar-refractivity contribution is 7.52. The Balaban J connectivity index is 1.91. The molecule has 2 aromatic carbocycles. The molecule has 2 rings (SSSR count). The van der Waals surface area contributed by atoms with Gasteiger partial charge in [0.05, 0.1) is 0 Å². The van der Waals surface area contributed by atoms with Crippen LogP contribution in [-0.4, -0.2) is 57.3 Å². The number of rotatable bonds is 46. The molecule has 0 bridgehead atoms. The summed E-state index contributed by atoms with van der Waals surface area (Å²) in [6, 6.07) is 10.6. The maximum atomic E-state index is 14.1. The van der Waals surface area contributed by atoms with E-state index >= 15 is 0 Å². The molecule has 75 heavy (non-hydrogen) atoms. The smallest absolute Gasteiger partial charge is 0.347 e. The van der Waals surface area contributed by atoms with Crippen LogP contribution in [0, 0.1) is 5.92 Å². The number of unbranched alkanes of at least 4 members (excludes halogenated alkanes) is 28. The largest absolute Gasteiger partial charge is 0.427 e. The normalized spacial score (nSPS) is 13.1. The lowest BCUT2D eigenvalue weighted by molar-refractivity contribution is -0.135. The van der Waals surface area contributed by atoms with Gasteiger partial charge < -0.3 is 35.2 Å². The molecular formula is C61H102N3O10P. The molecule has 3 amide bonds. The van der Waals surface area contributed by atoms with Crippen molar-refractivity contribution in [3.8, 4) is 11.5 Å². The summed E-state index contributed by atoms with van der Waals surface area (Å²) in [5, 5.41) is 7.89. The second-order valence-electron chi connectivity index (χ2n) is 21.3. The van der Waals surface area contributed by atoms with E-state index in [0.717, 1.165) is 38.5 Å². The van der Waals surface area contributed by atoms with Gasteiger partial charge in [0.25, 0.3) is 0 Å². The average molecular weight is 1070 g/mol. The standard InChI is InChI=1S/C61H102N3O10P/c1-6-9-11-13-15-17-19-21-23-25-27-29-31-33-35-37-57(66)73-53-43-39-51(40-44-53)47-55(63-61(69)59(49(4)8-3)62-50(5)65)60(68)64-56(75(70,71)72)48-52-41-45-54(46-42-52)74-58(67)38-36-34-32-30-28-26-24-22-20-18-16-14-12-10-7-2/h39-46,49,55-56,59H,6-38,47-48H2,1-5H3,(H,62,65)(H,63,69)(H,64,68)(H2,70,71,72)/t49-,55-,56+,59-/m0/s1. The van der Waals surface area contributed by atoms with E-state index < -0.39 is 43.2 Å². The molecule has 0 aliphatic carbocycles. The molecule has 2 aromatic rings. The van der Waals surface area contributed by atoms with Gasteiger partial charge in [-0.1, -0.05) is 238 Å². The van der Waals surface area contributed by atoms with Gasteiger partial charge in [-0.05, 0) is 54.2 Å². The Morgan fingerprint density at radius 3 is 1.12 bits per heavy atom. The van der Waals surface area contributed by atoms with Gasteiger partial charge in [-0.3, -0.25) is 28.5 Å². The SMILES string of the molecule is CCCCCCCCCCCCCCCCCC(=O)Oc1ccc(C[C@H](NC(=O)[C@@H](NC(C)=O)[C@@H](C)CC)C(=O)N[C@@H](Cc2ccc(OC(=O)CCCCCCCCCCCCCCCCC)cc2)P(=O)(O)O)cc1. The lowest BCUT2D eigenvalue weighted by atomic mass is 9.97. The van der Waals surface area contributed by atoms with Crippen molar-refractivity contribution in [3.63, 3.8) is 0 Å². The average Bonchev–Trinajstić information content (AvgIpc) is 3.37. The minimum Gasteiger partial charge on any atom is -0.427 e. The maximum Gasteiger partial charge on any atom is 0.347 e. The van der Waals surface area contributed by atoms with Crippen molar-refractivity contribution in [2.24, 2.45) is 5.92 Å². The quantitative estimate of drug-likeness (QED) is 0.0184. The van der Waals surface area contributed by atoms with Crippen molar-refractivity contribution in [2.75, 3.05) is 0 Å². The van der Waals surface area contributed by atoms with Crippen LogP contribution in [0.5, 0.6) is 11.5 Å². The summed E-state index contributed by atoms with van der Waals surface area (Å²) < 4.78 is 24.0. The first-order valence-electron chi connectivity index (χ1n) is 29.7. The molecule has 426 valence electrons. The zero-order chi connectivity index (χ0) is 54.9. The predicted molar refractivity (Wildman–Crippen MR) is 304 cm³/mol. The molecule has 0 saturated carbocycles. The van der Waals surface area contributed by atoms with Gasteiger partial charge in [0.1, 0.15) is 29.4 Å². The van der Waals surface area contributed by atoms with Gasteiger partial charge in [-0.15, -0.1) is 0 Å². The molecule has 14 heteroatoms. The number of amides is 3. The van der Waals surface area contributed by atoms with Crippen molar-refractivity contribution in [2.45, 2.75) is 277 Å². The van der Waals surface area contributed by atoms with E-state index in [1.807, 2.05) is 6.92 Å². The number of carbonyl (C=O) groups excluding carboxylic acids is 5. The first-order valence-corrected chi connectivity index (χ1v) is 31.4. The minimum absolute atomic E-state index is 0.0778. The van der Waals surface area contributed by atoms with Gasteiger partial charge >= 0.3 is 19.5 Å². The van der Waals surface area contributed by atoms with Crippen LogP contribution in [0.4, 0.5) is 0 Å². The summed E-state index contributed by atoms with van der Waals surface area (Å²) in [5.41, 5.74) is 1.05. The predicted octanol–water partition coefficient (Wildman–Crippen LogP) is 14.5. The third-order valence-corrected chi connectivity index (χ3v) is 15.5. The van der Waals surface area contributed by atoms with Gasteiger partial charge in [-0.25, -0.2) is 0 Å². The van der Waals surface area contributed by atoms with Crippen molar-refractivity contribution < 1.29 is 47.8 Å². The van der Waals surface area contributed by atoms with E-state index in [2.05, 4.69) is 29.8 Å². The zero-order valence-electron chi connectivity index (χ0n) is 47.3. The molecule has 0 heterocycles. The number of ether oxygens (including phenoxy) is 2. The molecule has 0 saturated heterocycles. The van der Waals surface area contributed by atoms with Gasteiger partial charge in [0.15, 0.2) is 0 Å². The van der Waals surface area contributed by atoms with Crippen LogP contribution >= 0.6 is 7.60 Å². The maximum absolute atomic E-state index is 14.1. The van der Waals surface area contributed by atoms with Gasteiger partial charge in [-0.2, -0.15) is 0 Å².